The lowest BCUT2D eigenvalue weighted by Crippen LogP contribution is -2.35. The number of hydrogen-bond donors (Lipinski definition) is 1. The zero-order valence-electron chi connectivity index (χ0n) is 12.5. The van der Waals surface area contributed by atoms with Crippen molar-refractivity contribution in [1.82, 2.24) is 19.6 Å². The van der Waals surface area contributed by atoms with Gasteiger partial charge >= 0.3 is 0 Å². The highest BCUT2D eigenvalue weighted by molar-refractivity contribution is 5.95. The molecule has 6 heteroatoms. The van der Waals surface area contributed by atoms with E-state index in [2.05, 4.69) is 10.00 Å². The van der Waals surface area contributed by atoms with E-state index in [1.807, 2.05) is 25.1 Å². The molecule has 1 aromatic rings. The number of amides is 1. The minimum absolute atomic E-state index is 0.108. The van der Waals surface area contributed by atoms with E-state index >= 15 is 0 Å². The van der Waals surface area contributed by atoms with Crippen molar-refractivity contribution in [2.24, 2.45) is 12.8 Å². The van der Waals surface area contributed by atoms with E-state index in [9.17, 15) is 4.79 Å². The van der Waals surface area contributed by atoms with Crippen LogP contribution in [0.2, 0.25) is 0 Å². The number of rotatable bonds is 4. The lowest BCUT2D eigenvalue weighted by molar-refractivity contribution is 0.0760. The molecule has 0 spiro atoms. The Balaban J connectivity index is 1.96. The summed E-state index contributed by atoms with van der Waals surface area (Å²) in [5.41, 5.74) is 7.09. The summed E-state index contributed by atoms with van der Waals surface area (Å²) in [7, 11) is 1.85. The van der Waals surface area contributed by atoms with Crippen LogP contribution in [0.15, 0.2) is 6.20 Å². The zero-order valence-corrected chi connectivity index (χ0v) is 12.5. The maximum atomic E-state index is 12.5. The molecule has 0 atom stereocenters. The predicted molar refractivity (Wildman–Crippen MR) is 78.6 cm³/mol. The summed E-state index contributed by atoms with van der Waals surface area (Å²) in [4.78, 5) is 16.9. The van der Waals surface area contributed by atoms with Gasteiger partial charge in [0, 0.05) is 32.9 Å². The number of nitrogens with zero attached hydrogens (tertiary/aromatic N) is 4. The molecular formula is C14H25N5O. The van der Waals surface area contributed by atoms with Crippen LogP contribution in [0.3, 0.4) is 0 Å². The first kappa shape index (κ1) is 15.0. The molecule has 0 aromatic carbocycles. The second kappa shape index (κ2) is 6.85. The smallest absolute Gasteiger partial charge is 0.257 e. The third-order valence-electron chi connectivity index (χ3n) is 3.80. The van der Waals surface area contributed by atoms with Crippen molar-refractivity contribution in [2.45, 2.75) is 19.8 Å². The topological polar surface area (TPSA) is 67.4 Å². The molecular weight excluding hydrogens is 254 g/mol. The third-order valence-corrected chi connectivity index (χ3v) is 3.80. The second-order valence-electron chi connectivity index (χ2n) is 5.43. The van der Waals surface area contributed by atoms with Crippen molar-refractivity contribution < 1.29 is 4.79 Å². The Kier molecular flexibility index (Phi) is 5.14. The Labute approximate surface area is 120 Å². The molecule has 2 heterocycles. The third kappa shape index (κ3) is 3.58. The fourth-order valence-electron chi connectivity index (χ4n) is 2.69. The van der Waals surface area contributed by atoms with Crippen molar-refractivity contribution in [2.75, 3.05) is 39.3 Å². The molecule has 0 saturated carbocycles. The number of carbonyl (C=O) groups excluding carboxylic acids is 1. The molecule has 112 valence electrons. The lowest BCUT2D eigenvalue weighted by Gasteiger charge is -2.21. The van der Waals surface area contributed by atoms with E-state index in [1.54, 1.807) is 4.68 Å². The molecule has 1 aromatic heterocycles. The summed E-state index contributed by atoms with van der Waals surface area (Å²) in [6.45, 7) is 7.25. The molecule has 2 N–H and O–H groups in total. The first-order chi connectivity index (χ1) is 9.61. The summed E-state index contributed by atoms with van der Waals surface area (Å²) < 4.78 is 1.70. The molecule has 1 aliphatic heterocycles. The number of aryl methyl sites for hydroxylation is 2. The van der Waals surface area contributed by atoms with E-state index in [1.165, 1.54) is 0 Å². The number of aromatic nitrogens is 2. The monoisotopic (exact) mass is 279 g/mol. The van der Waals surface area contributed by atoms with Crippen molar-refractivity contribution in [1.29, 1.82) is 0 Å². The van der Waals surface area contributed by atoms with Crippen molar-refractivity contribution in [3.05, 3.63) is 17.5 Å². The maximum absolute atomic E-state index is 12.5. The minimum Gasteiger partial charge on any atom is -0.337 e. The molecule has 0 radical (unpaired) electrons. The Morgan fingerprint density at radius 1 is 1.35 bits per heavy atom. The Bertz CT molecular complexity index is 456. The second-order valence-corrected chi connectivity index (χ2v) is 5.43. The van der Waals surface area contributed by atoms with E-state index in [-0.39, 0.29) is 5.91 Å². The van der Waals surface area contributed by atoms with Gasteiger partial charge in [0.25, 0.3) is 5.91 Å². The van der Waals surface area contributed by atoms with Crippen LogP contribution in [-0.4, -0.2) is 64.8 Å². The van der Waals surface area contributed by atoms with E-state index in [0.717, 1.165) is 63.4 Å². The van der Waals surface area contributed by atoms with Gasteiger partial charge in [-0.3, -0.25) is 9.48 Å². The van der Waals surface area contributed by atoms with Gasteiger partial charge < -0.3 is 15.5 Å². The number of hydrogen-bond acceptors (Lipinski definition) is 4. The van der Waals surface area contributed by atoms with Gasteiger partial charge in [0.1, 0.15) is 0 Å². The molecule has 6 nitrogen and oxygen atoms in total. The summed E-state index contributed by atoms with van der Waals surface area (Å²) in [5.74, 6) is 0.108. The summed E-state index contributed by atoms with van der Waals surface area (Å²) >= 11 is 0. The number of nitrogens with two attached hydrogens (primary N) is 1. The summed E-state index contributed by atoms with van der Waals surface area (Å²) in [5, 5.41) is 4.25. The highest BCUT2D eigenvalue weighted by Crippen LogP contribution is 2.12. The predicted octanol–water partition coefficient (Wildman–Crippen LogP) is 0.225. The standard InChI is InChI=1S/C14H25N5O/c1-12-13(11-17(2)16-12)14(20)19-8-4-7-18(9-10-19)6-3-5-15/h11H,3-10,15H2,1-2H3. The molecule has 2 rings (SSSR count). The maximum Gasteiger partial charge on any atom is 0.257 e. The fourth-order valence-corrected chi connectivity index (χ4v) is 2.69. The van der Waals surface area contributed by atoms with Crippen LogP contribution in [0.4, 0.5) is 0 Å². The van der Waals surface area contributed by atoms with Gasteiger partial charge in [0.05, 0.1) is 11.3 Å². The molecule has 0 unspecified atom stereocenters. The van der Waals surface area contributed by atoms with Gasteiger partial charge in [0.2, 0.25) is 0 Å². The van der Waals surface area contributed by atoms with Crippen LogP contribution in [0, 0.1) is 6.92 Å². The zero-order chi connectivity index (χ0) is 14.5. The van der Waals surface area contributed by atoms with Gasteiger partial charge in [-0.1, -0.05) is 0 Å². The molecule has 20 heavy (non-hydrogen) atoms. The Hall–Kier alpha value is -1.40. The minimum atomic E-state index is 0.108. The Morgan fingerprint density at radius 3 is 2.80 bits per heavy atom. The fraction of sp³-hybridized carbons (Fsp3) is 0.714. The van der Waals surface area contributed by atoms with E-state index in [0.29, 0.717) is 0 Å². The van der Waals surface area contributed by atoms with E-state index in [4.69, 9.17) is 5.73 Å². The van der Waals surface area contributed by atoms with Gasteiger partial charge in [-0.05, 0) is 39.4 Å². The first-order valence-electron chi connectivity index (χ1n) is 7.33. The highest BCUT2D eigenvalue weighted by atomic mass is 16.2. The SMILES string of the molecule is Cc1nn(C)cc1C(=O)N1CCCN(CCCN)CC1. The van der Waals surface area contributed by atoms with Crippen LogP contribution in [0.25, 0.3) is 0 Å². The van der Waals surface area contributed by atoms with E-state index < -0.39 is 0 Å². The van der Waals surface area contributed by atoms with Crippen LogP contribution >= 0.6 is 0 Å². The quantitative estimate of drug-likeness (QED) is 0.856. The lowest BCUT2D eigenvalue weighted by atomic mass is 10.2. The molecule has 0 aliphatic carbocycles. The Morgan fingerprint density at radius 2 is 2.15 bits per heavy atom. The average Bonchev–Trinajstić information content (AvgIpc) is 2.65. The van der Waals surface area contributed by atoms with Gasteiger partial charge in [0.15, 0.2) is 0 Å². The van der Waals surface area contributed by atoms with Crippen LogP contribution in [-0.2, 0) is 7.05 Å². The highest BCUT2D eigenvalue weighted by Gasteiger charge is 2.22. The molecule has 1 fully saturated rings. The normalized spacial score (nSPS) is 17.2. The largest absolute Gasteiger partial charge is 0.337 e. The van der Waals surface area contributed by atoms with Gasteiger partial charge in [-0.15, -0.1) is 0 Å². The van der Waals surface area contributed by atoms with Gasteiger partial charge in [-0.2, -0.15) is 5.10 Å². The van der Waals surface area contributed by atoms with Crippen molar-refractivity contribution in [3.63, 3.8) is 0 Å². The molecule has 1 amide bonds. The summed E-state index contributed by atoms with van der Waals surface area (Å²) in [6.07, 6.45) is 3.86. The van der Waals surface area contributed by atoms with Crippen LogP contribution < -0.4 is 5.73 Å². The molecule has 1 aliphatic rings. The van der Waals surface area contributed by atoms with Crippen LogP contribution in [0.5, 0.6) is 0 Å². The molecule has 0 bridgehead atoms. The van der Waals surface area contributed by atoms with Crippen LogP contribution in [0.1, 0.15) is 28.9 Å². The first-order valence-corrected chi connectivity index (χ1v) is 7.33. The molecule has 1 saturated heterocycles. The van der Waals surface area contributed by atoms with Gasteiger partial charge in [-0.25, -0.2) is 0 Å². The van der Waals surface area contributed by atoms with Crippen molar-refractivity contribution >= 4 is 5.91 Å². The average molecular weight is 279 g/mol. The van der Waals surface area contributed by atoms with Crippen molar-refractivity contribution in [3.8, 4) is 0 Å². The summed E-state index contributed by atoms with van der Waals surface area (Å²) in [6, 6.07) is 0. The number of carbonyl (C=O) groups is 1.